The zero-order chi connectivity index (χ0) is 12.6. The van der Waals surface area contributed by atoms with Crippen LogP contribution in [-0.4, -0.2) is 18.2 Å². The lowest BCUT2D eigenvalue weighted by molar-refractivity contribution is -0.0425. The van der Waals surface area contributed by atoms with E-state index in [1.165, 1.54) is 6.07 Å². The number of piperidine rings is 1. The van der Waals surface area contributed by atoms with Gasteiger partial charge in [-0.2, -0.15) is 0 Å². The maximum absolute atomic E-state index is 14.1. The molecule has 2 unspecified atom stereocenters. The van der Waals surface area contributed by atoms with Gasteiger partial charge >= 0.3 is 0 Å². The highest BCUT2D eigenvalue weighted by atomic mass is 19.1. The lowest BCUT2D eigenvalue weighted by Gasteiger charge is -2.40. The van der Waals surface area contributed by atoms with E-state index in [2.05, 4.69) is 5.32 Å². The molecule has 0 spiro atoms. The molecule has 1 saturated heterocycles. The average molecular weight is 237 g/mol. The molecule has 1 aromatic rings. The molecule has 0 bridgehead atoms. The van der Waals surface area contributed by atoms with Crippen LogP contribution in [-0.2, 0) is 5.60 Å². The molecule has 2 rings (SSSR count). The number of hydrogen-bond donors (Lipinski definition) is 2. The Bertz CT molecular complexity index is 409. The summed E-state index contributed by atoms with van der Waals surface area (Å²) in [6.45, 7) is 7.16. The molecule has 2 atom stereocenters. The summed E-state index contributed by atoms with van der Waals surface area (Å²) < 4.78 is 14.1. The van der Waals surface area contributed by atoms with Crippen LogP contribution in [0.15, 0.2) is 12.1 Å². The Morgan fingerprint density at radius 1 is 1.41 bits per heavy atom. The van der Waals surface area contributed by atoms with Crippen molar-refractivity contribution >= 4 is 0 Å². The lowest BCUT2D eigenvalue weighted by Crippen LogP contribution is -2.47. The van der Waals surface area contributed by atoms with Crippen molar-refractivity contribution in [2.75, 3.05) is 13.1 Å². The van der Waals surface area contributed by atoms with Gasteiger partial charge in [-0.15, -0.1) is 0 Å². The van der Waals surface area contributed by atoms with E-state index in [4.69, 9.17) is 0 Å². The predicted octanol–water partition coefficient (Wildman–Crippen LogP) is 2.26. The Labute approximate surface area is 102 Å². The minimum atomic E-state index is -1.03. The summed E-state index contributed by atoms with van der Waals surface area (Å²) in [5.41, 5.74) is 1.19. The van der Waals surface area contributed by atoms with Crippen LogP contribution in [0.2, 0.25) is 0 Å². The van der Waals surface area contributed by atoms with Gasteiger partial charge < -0.3 is 10.4 Å². The Kier molecular flexibility index (Phi) is 3.23. The van der Waals surface area contributed by atoms with Crippen molar-refractivity contribution in [1.29, 1.82) is 0 Å². The molecule has 0 radical (unpaired) electrons. The van der Waals surface area contributed by atoms with Crippen molar-refractivity contribution in [2.45, 2.75) is 32.8 Å². The van der Waals surface area contributed by atoms with Crippen LogP contribution in [0.5, 0.6) is 0 Å². The van der Waals surface area contributed by atoms with Crippen molar-refractivity contribution < 1.29 is 9.50 Å². The number of hydrogen-bond acceptors (Lipinski definition) is 2. The third kappa shape index (κ3) is 2.09. The quantitative estimate of drug-likeness (QED) is 0.785. The maximum Gasteiger partial charge on any atom is 0.129 e. The number of rotatable bonds is 1. The van der Waals surface area contributed by atoms with Gasteiger partial charge in [-0.05, 0) is 44.0 Å². The van der Waals surface area contributed by atoms with Crippen molar-refractivity contribution in [3.8, 4) is 0 Å². The first-order valence-corrected chi connectivity index (χ1v) is 6.15. The molecule has 1 aliphatic heterocycles. The van der Waals surface area contributed by atoms with Gasteiger partial charge in [-0.1, -0.05) is 13.0 Å². The normalized spacial score (nSPS) is 29.4. The molecule has 0 amide bonds. The molecule has 2 N–H and O–H groups in total. The van der Waals surface area contributed by atoms with E-state index in [1.54, 1.807) is 0 Å². The van der Waals surface area contributed by atoms with Crippen LogP contribution in [0.3, 0.4) is 0 Å². The summed E-state index contributed by atoms with van der Waals surface area (Å²) in [5.74, 6) is -0.258. The van der Waals surface area contributed by atoms with Gasteiger partial charge in [-0.3, -0.25) is 0 Å². The fourth-order valence-electron chi connectivity index (χ4n) is 2.85. The van der Waals surface area contributed by atoms with E-state index in [0.717, 1.165) is 24.2 Å². The van der Waals surface area contributed by atoms with E-state index < -0.39 is 5.60 Å². The number of aliphatic hydroxyl groups is 1. The minimum Gasteiger partial charge on any atom is -0.385 e. The molecule has 3 heteroatoms. The smallest absolute Gasteiger partial charge is 0.129 e. The highest BCUT2D eigenvalue weighted by molar-refractivity contribution is 5.37. The van der Waals surface area contributed by atoms with Crippen molar-refractivity contribution in [2.24, 2.45) is 5.92 Å². The van der Waals surface area contributed by atoms with Crippen molar-refractivity contribution in [1.82, 2.24) is 5.32 Å². The Morgan fingerprint density at radius 3 is 2.71 bits per heavy atom. The van der Waals surface area contributed by atoms with Gasteiger partial charge in [0.1, 0.15) is 5.82 Å². The largest absolute Gasteiger partial charge is 0.385 e. The molecular formula is C14H20FNO. The van der Waals surface area contributed by atoms with E-state index in [-0.39, 0.29) is 11.7 Å². The summed E-state index contributed by atoms with van der Waals surface area (Å²) in [6, 6.07) is 3.44. The molecular weight excluding hydrogens is 217 g/mol. The standard InChI is InChI=1S/C14H20FNO/c1-9-6-10(2)13(12(15)7-9)14(17)4-5-16-8-11(14)3/h6-7,11,16-17H,4-5,8H2,1-3H3. The molecule has 1 aromatic carbocycles. The number of benzene rings is 1. The zero-order valence-electron chi connectivity index (χ0n) is 10.7. The number of halogens is 1. The maximum atomic E-state index is 14.1. The van der Waals surface area contributed by atoms with E-state index in [1.807, 2.05) is 26.8 Å². The van der Waals surface area contributed by atoms with Crippen LogP contribution in [0, 0.1) is 25.6 Å². The first kappa shape index (κ1) is 12.5. The zero-order valence-corrected chi connectivity index (χ0v) is 10.7. The van der Waals surface area contributed by atoms with Crippen molar-refractivity contribution in [3.63, 3.8) is 0 Å². The fraction of sp³-hybridized carbons (Fsp3) is 0.571. The molecule has 1 heterocycles. The molecule has 2 nitrogen and oxygen atoms in total. The summed E-state index contributed by atoms with van der Waals surface area (Å²) >= 11 is 0. The number of nitrogens with one attached hydrogen (secondary N) is 1. The topological polar surface area (TPSA) is 32.3 Å². The summed E-state index contributed by atoms with van der Waals surface area (Å²) in [6.07, 6.45) is 0.564. The Balaban J connectivity index is 2.52. The lowest BCUT2D eigenvalue weighted by atomic mass is 9.75. The fourth-order valence-corrected chi connectivity index (χ4v) is 2.85. The Morgan fingerprint density at radius 2 is 2.12 bits per heavy atom. The first-order valence-electron chi connectivity index (χ1n) is 6.15. The molecule has 94 valence electrons. The summed E-state index contributed by atoms with van der Waals surface area (Å²) in [4.78, 5) is 0. The van der Waals surface area contributed by atoms with Gasteiger partial charge in [0.2, 0.25) is 0 Å². The first-order chi connectivity index (χ1) is 7.95. The minimum absolute atomic E-state index is 0.0205. The van der Waals surface area contributed by atoms with E-state index in [0.29, 0.717) is 12.0 Å². The molecule has 1 fully saturated rings. The predicted molar refractivity (Wildman–Crippen MR) is 66.4 cm³/mol. The molecule has 0 aliphatic carbocycles. The van der Waals surface area contributed by atoms with Crippen molar-refractivity contribution in [3.05, 3.63) is 34.6 Å². The van der Waals surface area contributed by atoms with Crippen LogP contribution in [0.25, 0.3) is 0 Å². The van der Waals surface area contributed by atoms with E-state index in [9.17, 15) is 9.50 Å². The molecule has 17 heavy (non-hydrogen) atoms. The third-order valence-electron chi connectivity index (χ3n) is 3.81. The molecule has 0 saturated carbocycles. The third-order valence-corrected chi connectivity index (χ3v) is 3.81. The second-order valence-corrected chi connectivity index (χ2v) is 5.22. The second kappa shape index (κ2) is 4.39. The van der Waals surface area contributed by atoms with Crippen LogP contribution < -0.4 is 5.32 Å². The highest BCUT2D eigenvalue weighted by Crippen LogP contribution is 2.38. The van der Waals surface area contributed by atoms with E-state index >= 15 is 0 Å². The Hall–Kier alpha value is -0.930. The van der Waals surface area contributed by atoms with Crippen LogP contribution >= 0.6 is 0 Å². The van der Waals surface area contributed by atoms with Gasteiger partial charge in [0.25, 0.3) is 0 Å². The van der Waals surface area contributed by atoms with Crippen LogP contribution in [0.1, 0.15) is 30.0 Å². The summed E-state index contributed by atoms with van der Waals surface area (Å²) in [5, 5.41) is 14.0. The highest BCUT2D eigenvalue weighted by Gasteiger charge is 2.40. The van der Waals surface area contributed by atoms with Crippen LogP contribution in [0.4, 0.5) is 4.39 Å². The number of aryl methyl sites for hydroxylation is 2. The van der Waals surface area contributed by atoms with Gasteiger partial charge in [0, 0.05) is 18.0 Å². The van der Waals surface area contributed by atoms with Gasteiger partial charge in [-0.25, -0.2) is 4.39 Å². The SMILES string of the molecule is Cc1cc(C)c(C2(O)CCNCC2C)c(F)c1. The van der Waals surface area contributed by atoms with Gasteiger partial charge in [0.15, 0.2) is 0 Å². The second-order valence-electron chi connectivity index (χ2n) is 5.22. The molecule has 1 aliphatic rings. The van der Waals surface area contributed by atoms with Gasteiger partial charge in [0.05, 0.1) is 5.60 Å². The average Bonchev–Trinajstić information content (AvgIpc) is 2.21. The monoisotopic (exact) mass is 237 g/mol. The molecule has 0 aromatic heterocycles. The summed E-state index contributed by atoms with van der Waals surface area (Å²) in [7, 11) is 0.